The zero-order valence-electron chi connectivity index (χ0n) is 11.6. The van der Waals surface area contributed by atoms with Crippen LogP contribution in [0.5, 0.6) is 0 Å². The van der Waals surface area contributed by atoms with E-state index in [9.17, 15) is 0 Å². The van der Waals surface area contributed by atoms with E-state index in [2.05, 4.69) is 10.2 Å². The number of hydrogen-bond acceptors (Lipinski definition) is 5. The van der Waals surface area contributed by atoms with Gasteiger partial charge in [0, 0.05) is 16.1 Å². The average Bonchev–Trinajstić information content (AvgIpc) is 2.96. The van der Waals surface area contributed by atoms with E-state index in [0.29, 0.717) is 17.5 Å². The number of aryl methyl sites for hydroxylation is 1. The number of benzene rings is 2. The molecule has 106 valence electrons. The van der Waals surface area contributed by atoms with Crippen LogP contribution in [-0.4, -0.2) is 10.2 Å². The van der Waals surface area contributed by atoms with Gasteiger partial charge in [0.25, 0.3) is 0 Å². The van der Waals surface area contributed by atoms with Gasteiger partial charge in [-0.1, -0.05) is 17.7 Å². The van der Waals surface area contributed by atoms with Crippen molar-refractivity contribution in [3.05, 3.63) is 60.0 Å². The van der Waals surface area contributed by atoms with Crippen LogP contribution in [0.15, 0.2) is 57.8 Å². The van der Waals surface area contributed by atoms with E-state index in [1.54, 1.807) is 11.8 Å². The SMILES string of the molecule is Cc1ccc(-c2nnc(CSc3ccc(N)cc3)o2)cc1. The molecule has 0 saturated heterocycles. The van der Waals surface area contributed by atoms with Gasteiger partial charge in [-0.05, 0) is 43.3 Å². The van der Waals surface area contributed by atoms with E-state index >= 15 is 0 Å². The highest BCUT2D eigenvalue weighted by molar-refractivity contribution is 7.98. The molecule has 0 radical (unpaired) electrons. The summed E-state index contributed by atoms with van der Waals surface area (Å²) in [4.78, 5) is 1.12. The molecule has 0 aliphatic heterocycles. The molecule has 5 heteroatoms. The first-order valence-electron chi connectivity index (χ1n) is 6.58. The summed E-state index contributed by atoms with van der Waals surface area (Å²) in [5.41, 5.74) is 8.57. The molecule has 21 heavy (non-hydrogen) atoms. The monoisotopic (exact) mass is 297 g/mol. The van der Waals surface area contributed by atoms with Gasteiger partial charge in [-0.25, -0.2) is 0 Å². The van der Waals surface area contributed by atoms with Gasteiger partial charge in [0.05, 0.1) is 5.75 Å². The fourth-order valence-corrected chi connectivity index (χ4v) is 2.57. The highest BCUT2D eigenvalue weighted by Crippen LogP contribution is 2.25. The highest BCUT2D eigenvalue weighted by Gasteiger charge is 2.08. The highest BCUT2D eigenvalue weighted by atomic mass is 32.2. The first-order chi connectivity index (χ1) is 10.2. The number of hydrogen-bond donors (Lipinski definition) is 1. The van der Waals surface area contributed by atoms with Crippen LogP contribution < -0.4 is 5.73 Å². The first kappa shape index (κ1) is 13.7. The van der Waals surface area contributed by atoms with E-state index in [-0.39, 0.29) is 0 Å². The third kappa shape index (κ3) is 3.44. The quantitative estimate of drug-likeness (QED) is 0.584. The summed E-state index contributed by atoms with van der Waals surface area (Å²) in [7, 11) is 0. The molecule has 0 aliphatic carbocycles. The maximum absolute atomic E-state index is 5.69. The number of nitrogens with zero attached hydrogens (tertiary/aromatic N) is 2. The Morgan fingerprint density at radius 1 is 1.00 bits per heavy atom. The Bertz CT molecular complexity index is 720. The molecule has 0 spiro atoms. The third-order valence-corrected chi connectivity index (χ3v) is 4.00. The average molecular weight is 297 g/mol. The Morgan fingerprint density at radius 2 is 1.71 bits per heavy atom. The van der Waals surface area contributed by atoms with E-state index < -0.39 is 0 Å². The maximum atomic E-state index is 5.69. The van der Waals surface area contributed by atoms with Crippen molar-refractivity contribution in [2.75, 3.05) is 5.73 Å². The van der Waals surface area contributed by atoms with E-state index in [0.717, 1.165) is 16.1 Å². The minimum atomic E-state index is 0.558. The van der Waals surface area contributed by atoms with Crippen LogP contribution in [0.25, 0.3) is 11.5 Å². The molecule has 3 aromatic rings. The van der Waals surface area contributed by atoms with Gasteiger partial charge in [-0.2, -0.15) is 0 Å². The van der Waals surface area contributed by atoms with E-state index in [1.165, 1.54) is 5.56 Å². The molecule has 0 fully saturated rings. The Kier molecular flexibility index (Phi) is 3.92. The van der Waals surface area contributed by atoms with Gasteiger partial charge in [0.2, 0.25) is 11.8 Å². The van der Waals surface area contributed by atoms with Crippen LogP contribution in [0.4, 0.5) is 5.69 Å². The van der Waals surface area contributed by atoms with Crippen LogP contribution >= 0.6 is 11.8 Å². The Balaban J connectivity index is 1.67. The summed E-state index contributed by atoms with van der Waals surface area (Å²) in [6, 6.07) is 15.8. The number of aromatic nitrogens is 2. The number of nitrogen functional groups attached to an aromatic ring is 1. The topological polar surface area (TPSA) is 64.9 Å². The second-order valence-electron chi connectivity index (χ2n) is 4.72. The second-order valence-corrected chi connectivity index (χ2v) is 5.77. The number of rotatable bonds is 4. The zero-order chi connectivity index (χ0) is 14.7. The third-order valence-electron chi connectivity index (χ3n) is 3.01. The Morgan fingerprint density at radius 3 is 2.43 bits per heavy atom. The van der Waals surface area contributed by atoms with Crippen molar-refractivity contribution < 1.29 is 4.42 Å². The number of nitrogens with two attached hydrogens (primary N) is 1. The van der Waals surface area contributed by atoms with Crippen molar-refractivity contribution in [2.24, 2.45) is 0 Å². The molecule has 2 aromatic carbocycles. The van der Waals surface area contributed by atoms with Gasteiger partial charge in [-0.15, -0.1) is 22.0 Å². The Labute approximate surface area is 127 Å². The molecule has 1 heterocycles. The summed E-state index contributed by atoms with van der Waals surface area (Å²) >= 11 is 1.64. The molecule has 1 aromatic heterocycles. The minimum Gasteiger partial charge on any atom is -0.420 e. The lowest BCUT2D eigenvalue weighted by Gasteiger charge is -1.99. The predicted octanol–water partition coefficient (Wildman–Crippen LogP) is 3.92. The van der Waals surface area contributed by atoms with Gasteiger partial charge < -0.3 is 10.2 Å². The Hall–Kier alpha value is -2.27. The van der Waals surface area contributed by atoms with Gasteiger partial charge in [0.15, 0.2) is 0 Å². The zero-order valence-corrected chi connectivity index (χ0v) is 12.4. The maximum Gasteiger partial charge on any atom is 0.247 e. The first-order valence-corrected chi connectivity index (χ1v) is 7.57. The molecule has 0 saturated carbocycles. The fourth-order valence-electron chi connectivity index (χ4n) is 1.83. The smallest absolute Gasteiger partial charge is 0.247 e. The molecule has 0 amide bonds. The van der Waals surface area contributed by atoms with Crippen LogP contribution in [-0.2, 0) is 5.75 Å². The molecule has 4 nitrogen and oxygen atoms in total. The molecule has 2 N–H and O–H groups in total. The molecule has 0 aliphatic rings. The van der Waals surface area contributed by atoms with Crippen LogP contribution in [0.3, 0.4) is 0 Å². The molecular formula is C16H15N3OS. The largest absolute Gasteiger partial charge is 0.420 e. The van der Waals surface area contributed by atoms with Crippen molar-refractivity contribution in [3.8, 4) is 11.5 Å². The fraction of sp³-hybridized carbons (Fsp3) is 0.125. The van der Waals surface area contributed by atoms with Crippen molar-refractivity contribution in [1.29, 1.82) is 0 Å². The summed E-state index contributed by atoms with van der Waals surface area (Å²) in [6.07, 6.45) is 0. The van der Waals surface area contributed by atoms with Crippen LogP contribution in [0, 0.1) is 6.92 Å². The van der Waals surface area contributed by atoms with Gasteiger partial charge in [-0.3, -0.25) is 0 Å². The summed E-state index contributed by atoms with van der Waals surface area (Å²) < 4.78 is 5.69. The minimum absolute atomic E-state index is 0.558. The van der Waals surface area contributed by atoms with E-state index in [4.69, 9.17) is 10.2 Å². The van der Waals surface area contributed by atoms with Crippen molar-refractivity contribution >= 4 is 17.4 Å². The molecule has 0 bridgehead atoms. The van der Waals surface area contributed by atoms with Crippen LogP contribution in [0.2, 0.25) is 0 Å². The molecule has 0 unspecified atom stereocenters. The number of thioether (sulfide) groups is 1. The number of anilines is 1. The van der Waals surface area contributed by atoms with Crippen molar-refractivity contribution in [3.63, 3.8) is 0 Å². The molecule has 0 atom stereocenters. The lowest BCUT2D eigenvalue weighted by molar-refractivity contribution is 0.528. The normalized spacial score (nSPS) is 10.7. The van der Waals surface area contributed by atoms with Crippen molar-refractivity contribution in [1.82, 2.24) is 10.2 Å². The van der Waals surface area contributed by atoms with E-state index in [1.807, 2.05) is 55.5 Å². The standard InChI is InChI=1S/C16H15N3OS/c1-11-2-4-12(5-3-11)16-19-18-15(20-16)10-21-14-8-6-13(17)7-9-14/h2-9H,10,17H2,1H3. The predicted molar refractivity (Wildman–Crippen MR) is 84.9 cm³/mol. The van der Waals surface area contributed by atoms with Gasteiger partial charge in [0.1, 0.15) is 0 Å². The summed E-state index contributed by atoms with van der Waals surface area (Å²) in [6.45, 7) is 2.05. The molecular weight excluding hydrogens is 282 g/mol. The van der Waals surface area contributed by atoms with Gasteiger partial charge >= 0.3 is 0 Å². The summed E-state index contributed by atoms with van der Waals surface area (Å²) in [5.74, 6) is 1.82. The van der Waals surface area contributed by atoms with Crippen molar-refractivity contribution in [2.45, 2.75) is 17.6 Å². The molecule has 3 rings (SSSR count). The summed E-state index contributed by atoms with van der Waals surface area (Å²) in [5, 5.41) is 8.18. The second kappa shape index (κ2) is 6.01. The lowest BCUT2D eigenvalue weighted by atomic mass is 10.1. The lowest BCUT2D eigenvalue weighted by Crippen LogP contribution is -1.84. The van der Waals surface area contributed by atoms with Crippen LogP contribution in [0.1, 0.15) is 11.5 Å².